The second kappa shape index (κ2) is 5.45. The van der Waals surface area contributed by atoms with Crippen LogP contribution in [0, 0.1) is 0 Å². The van der Waals surface area contributed by atoms with Crippen LogP contribution in [-0.4, -0.2) is 18.1 Å². The van der Waals surface area contributed by atoms with Gasteiger partial charge < -0.3 is 0 Å². The second-order valence-electron chi connectivity index (χ2n) is 4.97. The molecule has 0 fully saturated rings. The van der Waals surface area contributed by atoms with Gasteiger partial charge in [0, 0.05) is 4.90 Å². The number of nitrogens with one attached hydrogen (secondary N) is 1. The van der Waals surface area contributed by atoms with Crippen LogP contribution >= 0.6 is 23.7 Å². The Labute approximate surface area is 141 Å². The van der Waals surface area contributed by atoms with E-state index in [-0.39, 0.29) is 9.48 Å². The summed E-state index contributed by atoms with van der Waals surface area (Å²) in [7, 11) is -3.73. The van der Waals surface area contributed by atoms with Crippen molar-refractivity contribution in [2.24, 2.45) is 5.14 Å². The van der Waals surface area contributed by atoms with Crippen molar-refractivity contribution >= 4 is 44.8 Å². The molecule has 0 saturated carbocycles. The zero-order valence-electron chi connectivity index (χ0n) is 11.7. The lowest BCUT2D eigenvalue weighted by Gasteiger charge is -2.05. The van der Waals surface area contributed by atoms with E-state index >= 15 is 0 Å². The summed E-state index contributed by atoms with van der Waals surface area (Å²) in [5.41, 5.74) is 1.44. The molecule has 1 aromatic heterocycles. The molecular formula is C14H12N4O2S3. The highest BCUT2D eigenvalue weighted by Gasteiger charge is 2.29. The van der Waals surface area contributed by atoms with Gasteiger partial charge in [0.05, 0.1) is 15.9 Å². The Balaban J connectivity index is 1.75. The van der Waals surface area contributed by atoms with Gasteiger partial charge in [-0.2, -0.15) is 0 Å². The van der Waals surface area contributed by atoms with Gasteiger partial charge in [-0.05, 0) is 42.3 Å². The van der Waals surface area contributed by atoms with Gasteiger partial charge in [-0.25, -0.2) is 23.2 Å². The molecule has 23 heavy (non-hydrogen) atoms. The number of hydrogen-bond donors (Lipinski definition) is 2. The molecule has 0 bridgehead atoms. The fraction of sp³-hybridized carbons (Fsp3) is 0.0714. The molecule has 1 aliphatic rings. The number of hydrogen-bond acceptors (Lipinski definition) is 6. The van der Waals surface area contributed by atoms with E-state index < -0.39 is 10.0 Å². The minimum Gasteiger partial charge on any atom is -0.265 e. The van der Waals surface area contributed by atoms with Crippen LogP contribution in [0.1, 0.15) is 10.4 Å². The lowest BCUT2D eigenvalue weighted by Crippen LogP contribution is -2.12. The molecule has 1 unspecified atom stereocenters. The molecule has 4 rings (SSSR count). The Morgan fingerprint density at radius 3 is 2.74 bits per heavy atom. The van der Waals surface area contributed by atoms with Gasteiger partial charge in [-0.1, -0.05) is 18.2 Å². The maximum atomic E-state index is 11.5. The molecule has 0 spiro atoms. The molecule has 118 valence electrons. The molecule has 3 aromatic rings. The maximum absolute atomic E-state index is 11.5. The molecule has 3 N–H and O–H groups in total. The monoisotopic (exact) mass is 364 g/mol. The van der Waals surface area contributed by atoms with Gasteiger partial charge in [0.15, 0.2) is 5.82 Å². The molecule has 1 aliphatic heterocycles. The average molecular weight is 364 g/mol. The molecule has 2 aromatic carbocycles. The predicted octanol–water partition coefficient (Wildman–Crippen LogP) is 2.68. The van der Waals surface area contributed by atoms with E-state index in [1.807, 2.05) is 22.9 Å². The highest BCUT2D eigenvalue weighted by atomic mass is 32.2. The fourth-order valence-electron chi connectivity index (χ4n) is 2.36. The van der Waals surface area contributed by atoms with Crippen LogP contribution in [0.2, 0.25) is 0 Å². The maximum Gasteiger partial charge on any atom is 0.238 e. The molecule has 0 aliphatic carbocycles. The van der Waals surface area contributed by atoms with Gasteiger partial charge in [-0.15, -0.1) is 11.8 Å². The Kier molecular flexibility index (Phi) is 3.52. The van der Waals surface area contributed by atoms with Crippen molar-refractivity contribution in [3.63, 3.8) is 0 Å². The van der Waals surface area contributed by atoms with Gasteiger partial charge in [0.1, 0.15) is 4.58 Å². The van der Waals surface area contributed by atoms with E-state index in [4.69, 9.17) is 5.14 Å². The van der Waals surface area contributed by atoms with Crippen molar-refractivity contribution in [3.05, 3.63) is 54.4 Å². The summed E-state index contributed by atoms with van der Waals surface area (Å²) in [5.74, 6) is 0.852. The standard InChI is InChI=1S/C14H12N4O2S3/c15-23(19,20)10-6-7-11-12(8-10)18-13(16-11)14(22-17-18)21-9-4-2-1-3-5-9/h1-8,14,17H,(H2,15,19,20). The number of nitrogens with zero attached hydrogens (tertiary/aromatic N) is 2. The van der Waals surface area contributed by atoms with E-state index in [1.165, 1.54) is 18.0 Å². The van der Waals surface area contributed by atoms with Crippen LogP contribution in [0.5, 0.6) is 0 Å². The van der Waals surface area contributed by atoms with Crippen LogP contribution in [0.3, 0.4) is 0 Å². The van der Waals surface area contributed by atoms with E-state index in [0.717, 1.165) is 16.2 Å². The summed E-state index contributed by atoms with van der Waals surface area (Å²) in [4.78, 5) is 9.04. The molecule has 9 heteroatoms. The Morgan fingerprint density at radius 1 is 1.22 bits per heavy atom. The average Bonchev–Trinajstić information content (AvgIpc) is 3.07. The highest BCUT2D eigenvalue weighted by Crippen LogP contribution is 2.46. The third kappa shape index (κ3) is 2.69. The van der Waals surface area contributed by atoms with Crippen molar-refractivity contribution in [2.45, 2.75) is 14.4 Å². The Bertz CT molecular complexity index is 986. The number of sulfonamides is 1. The van der Waals surface area contributed by atoms with Gasteiger partial charge in [0.25, 0.3) is 0 Å². The van der Waals surface area contributed by atoms with Crippen molar-refractivity contribution in [2.75, 3.05) is 4.83 Å². The third-order valence-electron chi connectivity index (χ3n) is 3.43. The first-order chi connectivity index (χ1) is 11.0. The molecule has 0 saturated heterocycles. The third-order valence-corrected chi connectivity index (χ3v) is 6.60. The first kappa shape index (κ1) is 14.9. The first-order valence-electron chi connectivity index (χ1n) is 6.71. The number of fused-ring (bicyclic) bond motifs is 3. The Hall–Kier alpha value is -1.68. The van der Waals surface area contributed by atoms with Crippen LogP contribution < -0.4 is 9.97 Å². The number of rotatable bonds is 3. The quantitative estimate of drug-likeness (QED) is 0.695. The number of aromatic nitrogens is 2. The van der Waals surface area contributed by atoms with Crippen molar-refractivity contribution in [1.29, 1.82) is 0 Å². The van der Waals surface area contributed by atoms with Crippen molar-refractivity contribution < 1.29 is 8.42 Å². The number of imidazole rings is 1. The lowest BCUT2D eigenvalue weighted by molar-refractivity contribution is 0.598. The van der Waals surface area contributed by atoms with Crippen LogP contribution in [0.15, 0.2) is 58.3 Å². The van der Waals surface area contributed by atoms with Crippen molar-refractivity contribution in [3.8, 4) is 0 Å². The summed E-state index contributed by atoms with van der Waals surface area (Å²) in [5, 5.41) is 5.20. The molecule has 2 heterocycles. The molecule has 0 radical (unpaired) electrons. The first-order valence-corrected chi connectivity index (χ1v) is 10.0. The Morgan fingerprint density at radius 2 is 2.00 bits per heavy atom. The fourth-order valence-corrected chi connectivity index (χ4v) is 5.03. The topological polar surface area (TPSA) is 90.0 Å². The van der Waals surface area contributed by atoms with E-state index in [2.05, 4.69) is 21.9 Å². The molecule has 6 nitrogen and oxygen atoms in total. The lowest BCUT2D eigenvalue weighted by atomic mass is 10.3. The normalized spacial score (nSPS) is 17.2. The summed E-state index contributed by atoms with van der Waals surface area (Å²) in [6.45, 7) is 0. The second-order valence-corrected chi connectivity index (χ2v) is 8.90. The van der Waals surface area contributed by atoms with Crippen LogP contribution in [0.25, 0.3) is 11.0 Å². The van der Waals surface area contributed by atoms with E-state index in [9.17, 15) is 8.42 Å². The minimum atomic E-state index is -3.73. The zero-order valence-corrected chi connectivity index (χ0v) is 14.2. The summed E-state index contributed by atoms with van der Waals surface area (Å²) in [6, 6.07) is 14.8. The summed E-state index contributed by atoms with van der Waals surface area (Å²) >= 11 is 3.23. The predicted molar refractivity (Wildman–Crippen MR) is 93.1 cm³/mol. The summed E-state index contributed by atoms with van der Waals surface area (Å²) < 4.78 is 24.9. The molecular weight excluding hydrogens is 352 g/mol. The number of benzene rings is 2. The number of primary sulfonamides is 1. The van der Waals surface area contributed by atoms with E-state index in [1.54, 1.807) is 23.9 Å². The summed E-state index contributed by atoms with van der Waals surface area (Å²) in [6.07, 6.45) is 0. The minimum absolute atomic E-state index is 0.0821. The highest BCUT2D eigenvalue weighted by molar-refractivity contribution is 8.17. The smallest absolute Gasteiger partial charge is 0.238 e. The van der Waals surface area contributed by atoms with Crippen molar-refractivity contribution in [1.82, 2.24) is 9.66 Å². The molecule has 0 amide bonds. The van der Waals surface area contributed by atoms with Gasteiger partial charge in [-0.3, -0.25) is 4.83 Å². The number of thioether (sulfide) groups is 1. The zero-order chi connectivity index (χ0) is 16.0. The van der Waals surface area contributed by atoms with Crippen LogP contribution in [-0.2, 0) is 10.0 Å². The number of nitrogens with two attached hydrogens (primary N) is 1. The molecule has 1 atom stereocenters. The largest absolute Gasteiger partial charge is 0.265 e. The SMILES string of the molecule is NS(=O)(=O)c1ccc2nc3n(c2c1)NSC3Sc1ccccc1. The van der Waals surface area contributed by atoms with Gasteiger partial charge in [0.2, 0.25) is 10.0 Å². The van der Waals surface area contributed by atoms with Gasteiger partial charge >= 0.3 is 0 Å². The van der Waals surface area contributed by atoms with E-state index in [0.29, 0.717) is 5.52 Å². The van der Waals surface area contributed by atoms with Crippen LogP contribution in [0.4, 0.5) is 0 Å².